The van der Waals surface area contributed by atoms with Gasteiger partial charge in [-0.15, -0.1) is 0 Å². The predicted octanol–water partition coefficient (Wildman–Crippen LogP) is 2.16. The third-order valence-electron chi connectivity index (χ3n) is 3.76. The molecule has 1 unspecified atom stereocenters. The van der Waals surface area contributed by atoms with E-state index in [1.165, 1.54) is 5.57 Å². The lowest BCUT2D eigenvalue weighted by molar-refractivity contribution is 0.416. The lowest BCUT2D eigenvalue weighted by atomic mass is 9.94. The highest BCUT2D eigenvalue weighted by atomic mass is 32.2. The molecular formula is C12H21NO2S. The van der Waals surface area contributed by atoms with E-state index in [0.717, 1.165) is 25.7 Å². The molecule has 2 aliphatic rings. The van der Waals surface area contributed by atoms with E-state index in [4.69, 9.17) is 0 Å². The van der Waals surface area contributed by atoms with E-state index in [2.05, 4.69) is 19.9 Å². The maximum atomic E-state index is 12.0. The highest BCUT2D eigenvalue weighted by Crippen LogP contribution is 2.33. The zero-order valence-corrected chi connectivity index (χ0v) is 11.0. The summed E-state index contributed by atoms with van der Waals surface area (Å²) in [6.07, 6.45) is 5.90. The van der Waals surface area contributed by atoms with Crippen molar-refractivity contribution in [3.63, 3.8) is 0 Å². The van der Waals surface area contributed by atoms with E-state index in [9.17, 15) is 8.42 Å². The van der Waals surface area contributed by atoms with Crippen molar-refractivity contribution in [1.82, 2.24) is 4.31 Å². The van der Waals surface area contributed by atoms with Gasteiger partial charge in [0.15, 0.2) is 0 Å². The molecule has 1 atom stereocenters. The predicted molar refractivity (Wildman–Crippen MR) is 65.7 cm³/mol. The molecule has 0 N–H and O–H groups in total. The quantitative estimate of drug-likeness (QED) is 0.710. The van der Waals surface area contributed by atoms with Gasteiger partial charge in [0.1, 0.15) is 0 Å². The maximum absolute atomic E-state index is 12.0. The Hall–Kier alpha value is -0.350. The minimum Gasteiger partial charge on any atom is -0.212 e. The van der Waals surface area contributed by atoms with Crippen LogP contribution in [0.5, 0.6) is 0 Å². The maximum Gasteiger partial charge on any atom is 0.217 e. The summed E-state index contributed by atoms with van der Waals surface area (Å²) in [6, 6.07) is 0. The summed E-state index contributed by atoms with van der Waals surface area (Å²) in [7, 11) is -2.96. The van der Waals surface area contributed by atoms with Crippen molar-refractivity contribution in [3.05, 3.63) is 11.6 Å². The zero-order chi connectivity index (χ0) is 11.8. The molecule has 1 heterocycles. The van der Waals surface area contributed by atoms with E-state index in [1.807, 2.05) is 0 Å². The summed E-state index contributed by atoms with van der Waals surface area (Å²) in [5.41, 5.74) is 1.43. The van der Waals surface area contributed by atoms with Crippen molar-refractivity contribution in [3.8, 4) is 0 Å². The molecule has 3 nitrogen and oxygen atoms in total. The minimum atomic E-state index is -2.96. The molecule has 92 valence electrons. The highest BCUT2D eigenvalue weighted by molar-refractivity contribution is 7.90. The van der Waals surface area contributed by atoms with Crippen LogP contribution in [0.25, 0.3) is 0 Å². The smallest absolute Gasteiger partial charge is 0.212 e. The van der Waals surface area contributed by atoms with Crippen LogP contribution < -0.4 is 0 Å². The van der Waals surface area contributed by atoms with Crippen molar-refractivity contribution >= 4 is 10.0 Å². The average molecular weight is 243 g/mol. The zero-order valence-electron chi connectivity index (χ0n) is 10.1. The topological polar surface area (TPSA) is 37.4 Å². The van der Waals surface area contributed by atoms with Crippen molar-refractivity contribution in [2.24, 2.45) is 5.92 Å². The summed E-state index contributed by atoms with van der Waals surface area (Å²) < 4.78 is 25.6. The summed E-state index contributed by atoms with van der Waals surface area (Å²) in [6.45, 7) is 5.68. The molecular weight excluding hydrogens is 222 g/mol. The second-order valence-electron chi connectivity index (χ2n) is 4.94. The Balaban J connectivity index is 2.01. The summed E-state index contributed by atoms with van der Waals surface area (Å²) >= 11 is 0. The van der Waals surface area contributed by atoms with Gasteiger partial charge in [-0.1, -0.05) is 25.5 Å². The molecule has 0 spiro atoms. The first-order valence-corrected chi connectivity index (χ1v) is 7.74. The molecule has 0 aromatic carbocycles. The summed E-state index contributed by atoms with van der Waals surface area (Å²) in [4.78, 5) is 0. The molecule has 0 saturated heterocycles. The number of rotatable bonds is 4. The summed E-state index contributed by atoms with van der Waals surface area (Å²) in [5, 5.41) is -0.0638. The van der Waals surface area contributed by atoms with E-state index >= 15 is 0 Å². The molecule has 1 saturated carbocycles. The van der Waals surface area contributed by atoms with Crippen molar-refractivity contribution < 1.29 is 8.42 Å². The molecule has 0 amide bonds. The monoisotopic (exact) mass is 243 g/mol. The first-order valence-electron chi connectivity index (χ1n) is 6.23. The fourth-order valence-electron chi connectivity index (χ4n) is 2.18. The fraction of sp³-hybridized carbons (Fsp3) is 0.833. The molecule has 16 heavy (non-hydrogen) atoms. The number of hydrogen-bond acceptors (Lipinski definition) is 2. The number of sulfonamides is 1. The van der Waals surface area contributed by atoms with Crippen molar-refractivity contribution in [2.45, 2.75) is 44.8 Å². The van der Waals surface area contributed by atoms with Gasteiger partial charge in [-0.3, -0.25) is 0 Å². The minimum absolute atomic E-state index is 0.0638. The van der Waals surface area contributed by atoms with Gasteiger partial charge in [0.2, 0.25) is 10.0 Å². The third-order valence-corrected chi connectivity index (χ3v) is 6.12. The van der Waals surface area contributed by atoms with Crippen LogP contribution in [-0.4, -0.2) is 31.1 Å². The van der Waals surface area contributed by atoms with Crippen LogP contribution in [0.3, 0.4) is 0 Å². The molecule has 0 aromatic rings. The Kier molecular flexibility index (Phi) is 3.40. The molecule has 0 radical (unpaired) electrons. The van der Waals surface area contributed by atoms with Gasteiger partial charge in [-0.2, -0.15) is 4.31 Å². The van der Waals surface area contributed by atoms with Gasteiger partial charge in [-0.25, -0.2) is 8.42 Å². The lowest BCUT2D eigenvalue weighted by Gasteiger charge is -2.27. The van der Waals surface area contributed by atoms with Gasteiger partial charge in [-0.05, 0) is 31.6 Å². The van der Waals surface area contributed by atoms with Crippen LogP contribution in [0.1, 0.15) is 39.5 Å². The van der Waals surface area contributed by atoms with Gasteiger partial charge in [0.25, 0.3) is 0 Å². The molecule has 1 fully saturated rings. The van der Waals surface area contributed by atoms with E-state index < -0.39 is 10.0 Å². The first-order chi connectivity index (χ1) is 7.55. The Morgan fingerprint density at radius 1 is 1.50 bits per heavy atom. The van der Waals surface area contributed by atoms with Crippen LogP contribution >= 0.6 is 0 Å². The highest BCUT2D eigenvalue weighted by Gasteiger charge is 2.40. The van der Waals surface area contributed by atoms with Crippen molar-refractivity contribution in [2.75, 3.05) is 13.1 Å². The Morgan fingerprint density at radius 3 is 2.62 bits per heavy atom. The SMILES string of the molecule is CCC(C)C1=CCN(S(=O)(=O)C2CC2)CC1. The molecule has 2 rings (SSSR count). The average Bonchev–Trinajstić information content (AvgIpc) is 3.12. The second kappa shape index (κ2) is 4.49. The lowest BCUT2D eigenvalue weighted by Crippen LogP contribution is -2.37. The van der Waals surface area contributed by atoms with E-state index in [-0.39, 0.29) is 5.25 Å². The van der Waals surface area contributed by atoms with Crippen LogP contribution in [0.2, 0.25) is 0 Å². The molecule has 1 aliphatic heterocycles. The number of nitrogens with zero attached hydrogens (tertiary/aromatic N) is 1. The largest absolute Gasteiger partial charge is 0.217 e. The Morgan fingerprint density at radius 2 is 2.19 bits per heavy atom. The first kappa shape index (κ1) is 12.1. The standard InChI is InChI=1S/C12H21NO2S/c1-3-10(2)11-6-8-13(9-7-11)16(14,15)12-4-5-12/h6,10,12H,3-5,7-9H2,1-2H3. The van der Waals surface area contributed by atoms with E-state index in [1.54, 1.807) is 4.31 Å². The van der Waals surface area contributed by atoms with Crippen LogP contribution in [0, 0.1) is 5.92 Å². The molecule has 0 aromatic heterocycles. The number of hydrogen-bond donors (Lipinski definition) is 0. The van der Waals surface area contributed by atoms with Crippen LogP contribution in [0.4, 0.5) is 0 Å². The van der Waals surface area contributed by atoms with Gasteiger partial charge >= 0.3 is 0 Å². The van der Waals surface area contributed by atoms with Crippen molar-refractivity contribution in [1.29, 1.82) is 0 Å². The normalized spacial score (nSPS) is 25.2. The second-order valence-corrected chi connectivity index (χ2v) is 7.15. The van der Waals surface area contributed by atoms with Crippen LogP contribution in [0.15, 0.2) is 11.6 Å². The van der Waals surface area contributed by atoms with Gasteiger partial charge in [0.05, 0.1) is 5.25 Å². The summed E-state index contributed by atoms with van der Waals surface area (Å²) in [5.74, 6) is 0.603. The van der Waals surface area contributed by atoms with Crippen LogP contribution in [-0.2, 0) is 10.0 Å². The third kappa shape index (κ3) is 2.33. The fourth-order valence-corrected chi connectivity index (χ4v) is 3.97. The molecule has 0 bridgehead atoms. The Labute approximate surface area is 98.6 Å². The van der Waals surface area contributed by atoms with Gasteiger partial charge < -0.3 is 0 Å². The molecule has 1 aliphatic carbocycles. The Bertz CT molecular complexity index is 382. The molecule has 4 heteroatoms. The van der Waals surface area contributed by atoms with Gasteiger partial charge in [0, 0.05) is 13.1 Å². The van der Waals surface area contributed by atoms with E-state index in [0.29, 0.717) is 19.0 Å².